The minimum Gasteiger partial charge on any atom is -0.503 e. The number of benzene rings is 2. The van der Waals surface area contributed by atoms with Gasteiger partial charge >= 0.3 is 0 Å². The van der Waals surface area contributed by atoms with Crippen LogP contribution in [0.15, 0.2) is 99.3 Å². The summed E-state index contributed by atoms with van der Waals surface area (Å²) in [6.45, 7) is 3.07. The molecule has 0 aliphatic rings. The molecule has 0 aliphatic carbocycles. The average Bonchev–Trinajstić information content (AvgIpc) is 2.93. The fourth-order valence-corrected chi connectivity index (χ4v) is 2.69. The van der Waals surface area contributed by atoms with E-state index in [1.165, 1.54) is 36.2 Å². The van der Waals surface area contributed by atoms with Crippen molar-refractivity contribution in [1.82, 2.24) is 10.1 Å². The number of nitrogen functional groups attached to an aromatic ring is 1. The molecule has 0 aliphatic heterocycles. The lowest BCUT2D eigenvalue weighted by Gasteiger charge is -2.12. The van der Waals surface area contributed by atoms with E-state index < -0.39 is 10.9 Å². The third-order valence-corrected chi connectivity index (χ3v) is 4.77. The summed E-state index contributed by atoms with van der Waals surface area (Å²) in [5, 5.41) is 18.3. The van der Waals surface area contributed by atoms with E-state index in [1.807, 2.05) is 17.6 Å². The maximum absolute atomic E-state index is 11.9. The van der Waals surface area contributed by atoms with Crippen LogP contribution < -0.4 is 27.6 Å². The molecule has 2 aromatic heterocycles. The Morgan fingerprint density at radius 2 is 1.30 bits per heavy atom. The van der Waals surface area contributed by atoms with Crippen LogP contribution >= 0.6 is 0 Å². The zero-order valence-corrected chi connectivity index (χ0v) is 20.0. The van der Waals surface area contributed by atoms with Crippen LogP contribution in [-0.4, -0.2) is 26.7 Å². The molecule has 2 amide bonds. The average molecular weight is 507 g/mol. The van der Waals surface area contributed by atoms with Crippen LogP contribution in [0.2, 0.25) is 0 Å². The Kier molecular flexibility index (Phi) is 10.4. The van der Waals surface area contributed by atoms with Crippen LogP contribution in [0.4, 0.5) is 0 Å². The number of nitrogens with zero attached hydrogens (tertiary/aromatic N) is 1. The number of carbonyl (C=O) groups excluding carboxylic acids is 2. The van der Waals surface area contributed by atoms with E-state index in [4.69, 9.17) is 10.9 Å². The molecule has 0 atom stereocenters. The van der Waals surface area contributed by atoms with Crippen molar-refractivity contribution in [3.63, 3.8) is 0 Å². The number of hydrogen-bond donors (Lipinski definition) is 5. The van der Waals surface area contributed by atoms with Crippen LogP contribution in [0.3, 0.4) is 0 Å². The van der Waals surface area contributed by atoms with Gasteiger partial charge in [-0.1, -0.05) is 36.4 Å². The molecule has 6 N–H and O–H groups in total. The summed E-state index contributed by atoms with van der Waals surface area (Å²) < 4.78 is 6.00. The highest BCUT2D eigenvalue weighted by molar-refractivity contribution is 5.99. The molecule has 192 valence electrons. The van der Waals surface area contributed by atoms with Crippen molar-refractivity contribution in [1.29, 1.82) is 0 Å². The van der Waals surface area contributed by atoms with Gasteiger partial charge in [-0.15, -0.1) is 0 Å². The molecule has 0 saturated heterocycles. The number of pyridine rings is 1. The molecule has 2 aromatic carbocycles. The largest absolute Gasteiger partial charge is 0.503 e. The van der Waals surface area contributed by atoms with Gasteiger partial charge in [0.2, 0.25) is 16.6 Å². The molecule has 0 unspecified atom stereocenters. The number of amides is 2. The number of aryl methyl sites for hydroxylation is 1. The molecule has 0 spiro atoms. The molecule has 4 aromatic rings. The number of aromatic hydroxyl groups is 2. The molecule has 37 heavy (non-hydrogen) atoms. The smallest absolute Gasteiger partial charge is 0.270 e. The van der Waals surface area contributed by atoms with E-state index in [0.29, 0.717) is 11.1 Å². The molecule has 11 heteroatoms. The first-order valence-electron chi connectivity index (χ1n) is 10.8. The summed E-state index contributed by atoms with van der Waals surface area (Å²) in [5.41, 5.74) is 5.09. The van der Waals surface area contributed by atoms with Crippen LogP contribution in [0.25, 0.3) is 0 Å². The second-order valence-corrected chi connectivity index (χ2v) is 7.32. The molecule has 0 saturated carbocycles. The van der Waals surface area contributed by atoms with Gasteiger partial charge in [0.15, 0.2) is 5.75 Å². The van der Waals surface area contributed by atoms with Crippen molar-refractivity contribution < 1.29 is 24.2 Å². The van der Waals surface area contributed by atoms with E-state index >= 15 is 0 Å². The minimum atomic E-state index is -0.474. The van der Waals surface area contributed by atoms with Crippen LogP contribution in [0.1, 0.15) is 32.2 Å². The van der Waals surface area contributed by atoms with Crippen molar-refractivity contribution in [2.45, 2.75) is 13.8 Å². The van der Waals surface area contributed by atoms with Crippen molar-refractivity contribution in [3.8, 4) is 11.5 Å². The summed E-state index contributed by atoms with van der Waals surface area (Å²) >= 11 is 0. The summed E-state index contributed by atoms with van der Waals surface area (Å²) in [5.74, 6) is 3.90. The Labute approximate surface area is 211 Å². The lowest BCUT2D eigenvalue weighted by molar-refractivity contribution is 0.0952. The van der Waals surface area contributed by atoms with Gasteiger partial charge in [-0.2, -0.15) is 0 Å². The number of rotatable bonds is 3. The topological polar surface area (TPSA) is 177 Å². The molecule has 0 radical (unpaired) electrons. The van der Waals surface area contributed by atoms with Crippen molar-refractivity contribution in [3.05, 3.63) is 128 Å². The Morgan fingerprint density at radius 1 is 0.784 bits per heavy atom. The maximum Gasteiger partial charge on any atom is 0.270 e. The number of aromatic nitrogens is 1. The standard InChI is InChI=1S/C13H12N2O3.C7H8N2O.C6H6O3/c1-9-12(17)11(16)7-8-15(9)14-13(18)10-5-3-2-4-6-10;8-9-7(10)6-4-2-1-3-5-6;1-4-6(8)5(7)2-3-9-4/h2-8,17H,1H3,(H,14,18);1-5H,8H2,(H,9,10);2-3,8H,1H3. The summed E-state index contributed by atoms with van der Waals surface area (Å²) in [6, 6.07) is 19.8. The van der Waals surface area contributed by atoms with Gasteiger partial charge in [0, 0.05) is 29.5 Å². The molecular formula is C26H26N4O7. The van der Waals surface area contributed by atoms with Gasteiger partial charge < -0.3 is 14.6 Å². The van der Waals surface area contributed by atoms with Crippen molar-refractivity contribution in [2.24, 2.45) is 5.84 Å². The van der Waals surface area contributed by atoms with Gasteiger partial charge in [0.05, 0.1) is 12.0 Å². The maximum atomic E-state index is 11.9. The van der Waals surface area contributed by atoms with Gasteiger partial charge in [-0.25, -0.2) is 5.84 Å². The predicted molar refractivity (Wildman–Crippen MR) is 137 cm³/mol. The van der Waals surface area contributed by atoms with Gasteiger partial charge in [-0.3, -0.25) is 34.7 Å². The second kappa shape index (κ2) is 13.7. The number of carbonyl (C=O) groups is 2. The Bertz CT molecular complexity index is 1450. The first-order chi connectivity index (χ1) is 17.6. The fraction of sp³-hybridized carbons (Fsp3) is 0.0769. The molecular weight excluding hydrogens is 480 g/mol. The molecule has 11 nitrogen and oxygen atoms in total. The Balaban J connectivity index is 0.000000214. The summed E-state index contributed by atoms with van der Waals surface area (Å²) in [6.07, 6.45) is 2.65. The van der Waals surface area contributed by atoms with Crippen molar-refractivity contribution in [2.75, 3.05) is 5.43 Å². The number of nitrogens with one attached hydrogen (secondary N) is 2. The zero-order valence-electron chi connectivity index (χ0n) is 20.0. The lowest BCUT2D eigenvalue weighted by atomic mass is 10.2. The van der Waals surface area contributed by atoms with Gasteiger partial charge in [0.1, 0.15) is 5.76 Å². The van der Waals surface area contributed by atoms with Gasteiger partial charge in [-0.05, 0) is 38.1 Å². The molecule has 2 heterocycles. The van der Waals surface area contributed by atoms with E-state index in [1.54, 1.807) is 55.5 Å². The van der Waals surface area contributed by atoms with E-state index in [-0.39, 0.29) is 34.8 Å². The minimum absolute atomic E-state index is 0.252. The fourth-order valence-electron chi connectivity index (χ4n) is 2.69. The SMILES string of the molecule is Cc1c(O)c(=O)ccn1NC(=O)c1ccccc1.Cc1occc(=O)c1O.NNC(=O)c1ccccc1. The van der Waals surface area contributed by atoms with Crippen LogP contribution in [0.5, 0.6) is 11.5 Å². The highest BCUT2D eigenvalue weighted by Crippen LogP contribution is 2.08. The third-order valence-electron chi connectivity index (χ3n) is 4.77. The predicted octanol–water partition coefficient (Wildman–Crippen LogP) is 2.19. The van der Waals surface area contributed by atoms with Crippen LogP contribution in [-0.2, 0) is 0 Å². The molecule has 0 bridgehead atoms. The third kappa shape index (κ3) is 8.23. The summed E-state index contributed by atoms with van der Waals surface area (Å²) in [4.78, 5) is 44.3. The number of hydrazine groups is 1. The van der Waals surface area contributed by atoms with Crippen LogP contribution in [0, 0.1) is 13.8 Å². The van der Waals surface area contributed by atoms with Crippen molar-refractivity contribution >= 4 is 11.8 Å². The highest BCUT2D eigenvalue weighted by Gasteiger charge is 2.09. The second-order valence-electron chi connectivity index (χ2n) is 7.32. The van der Waals surface area contributed by atoms with E-state index in [0.717, 1.165) is 0 Å². The quantitative estimate of drug-likeness (QED) is 0.159. The monoisotopic (exact) mass is 506 g/mol. The summed E-state index contributed by atoms with van der Waals surface area (Å²) in [7, 11) is 0. The molecule has 4 rings (SSSR count). The Hall–Kier alpha value is -5.16. The van der Waals surface area contributed by atoms with E-state index in [2.05, 4.69) is 9.84 Å². The lowest BCUT2D eigenvalue weighted by Crippen LogP contribution is -2.29. The number of hydrogen-bond acceptors (Lipinski definition) is 8. The number of nitrogens with two attached hydrogens (primary N) is 1. The Morgan fingerprint density at radius 3 is 1.78 bits per heavy atom. The normalized spacial score (nSPS) is 9.59. The first kappa shape index (κ1) is 28.1. The van der Waals surface area contributed by atoms with E-state index in [9.17, 15) is 24.3 Å². The molecule has 0 fully saturated rings. The highest BCUT2D eigenvalue weighted by atomic mass is 16.4. The van der Waals surface area contributed by atoms with Gasteiger partial charge in [0.25, 0.3) is 11.8 Å². The first-order valence-corrected chi connectivity index (χ1v) is 10.8. The zero-order chi connectivity index (χ0) is 27.4.